The molecule has 1 aromatic rings. The molecule has 0 atom stereocenters. The Hall–Kier alpha value is -1.63. The quantitative estimate of drug-likeness (QED) is 0.633. The highest BCUT2D eigenvalue weighted by Crippen LogP contribution is 2.33. The van der Waals surface area contributed by atoms with Gasteiger partial charge in [0.05, 0.1) is 10.8 Å². The van der Waals surface area contributed by atoms with Gasteiger partial charge in [-0.2, -0.15) is 0 Å². The molecule has 1 aliphatic rings. The second-order valence-corrected chi connectivity index (χ2v) is 6.26. The van der Waals surface area contributed by atoms with Crippen molar-refractivity contribution in [2.75, 3.05) is 5.32 Å². The molecule has 114 valence electrons. The number of anilines is 1. The molecule has 0 radical (unpaired) electrons. The van der Waals surface area contributed by atoms with E-state index < -0.39 is 10.9 Å². The molecule has 1 saturated carbocycles. The van der Waals surface area contributed by atoms with Gasteiger partial charge < -0.3 is 10.4 Å². The molecule has 0 aliphatic heterocycles. The number of nitrogens with zero attached hydrogens (tertiary/aromatic N) is 1. The van der Waals surface area contributed by atoms with Gasteiger partial charge in [-0.1, -0.05) is 0 Å². The minimum atomic E-state index is -0.721. The van der Waals surface area contributed by atoms with E-state index in [1.807, 2.05) is 0 Å². The van der Waals surface area contributed by atoms with Crippen molar-refractivity contribution >= 4 is 33.3 Å². The topological polar surface area (TPSA) is 92.5 Å². The van der Waals surface area contributed by atoms with E-state index >= 15 is 0 Å². The lowest BCUT2D eigenvalue weighted by atomic mass is 9.86. The number of benzene rings is 1. The number of nitro groups is 1. The van der Waals surface area contributed by atoms with Gasteiger partial charge in [-0.15, -0.1) is 0 Å². The molecule has 7 heteroatoms. The van der Waals surface area contributed by atoms with Gasteiger partial charge in [0.1, 0.15) is 0 Å². The van der Waals surface area contributed by atoms with Crippen LogP contribution in [-0.4, -0.2) is 22.0 Å². The van der Waals surface area contributed by atoms with Gasteiger partial charge in [-0.25, -0.2) is 0 Å². The number of rotatable bonds is 4. The minimum Gasteiger partial charge on any atom is -0.481 e. The molecule has 0 spiro atoms. The summed E-state index contributed by atoms with van der Waals surface area (Å²) in [5.41, 5.74) is 1.50. The lowest BCUT2D eigenvalue weighted by molar-refractivity contribution is -0.385. The fourth-order valence-electron chi connectivity index (χ4n) is 2.68. The molecule has 0 saturated heterocycles. The Morgan fingerprint density at radius 3 is 2.52 bits per heavy atom. The maximum absolute atomic E-state index is 10.9. The fourth-order valence-corrected chi connectivity index (χ4v) is 3.13. The zero-order chi connectivity index (χ0) is 15.6. The summed E-state index contributed by atoms with van der Waals surface area (Å²) in [6.45, 7) is 1.71. The van der Waals surface area contributed by atoms with Crippen LogP contribution in [0, 0.1) is 23.0 Å². The molecule has 0 heterocycles. The number of hydrogen-bond donors (Lipinski definition) is 2. The predicted molar refractivity (Wildman–Crippen MR) is 82.5 cm³/mol. The number of nitrogens with one attached hydrogen (secondary N) is 1. The maximum atomic E-state index is 10.9. The third kappa shape index (κ3) is 3.72. The highest BCUT2D eigenvalue weighted by molar-refractivity contribution is 9.10. The van der Waals surface area contributed by atoms with Crippen molar-refractivity contribution in [3.05, 3.63) is 32.3 Å². The summed E-state index contributed by atoms with van der Waals surface area (Å²) in [6, 6.07) is 3.46. The molecule has 0 amide bonds. The van der Waals surface area contributed by atoms with E-state index in [9.17, 15) is 14.9 Å². The van der Waals surface area contributed by atoms with E-state index in [-0.39, 0.29) is 17.6 Å². The van der Waals surface area contributed by atoms with Gasteiger partial charge >= 0.3 is 5.97 Å². The fraction of sp³-hybridized carbons (Fsp3) is 0.500. The monoisotopic (exact) mass is 356 g/mol. The van der Waals surface area contributed by atoms with Crippen molar-refractivity contribution in [2.45, 2.75) is 38.6 Å². The number of hydrogen-bond acceptors (Lipinski definition) is 4. The number of aliphatic carboxylic acids is 1. The first-order valence-electron chi connectivity index (χ1n) is 6.82. The van der Waals surface area contributed by atoms with Crippen LogP contribution in [0.25, 0.3) is 0 Å². The lowest BCUT2D eigenvalue weighted by Crippen LogP contribution is -2.29. The molecule has 1 aliphatic carbocycles. The van der Waals surface area contributed by atoms with Crippen LogP contribution in [0.3, 0.4) is 0 Å². The Bertz CT molecular complexity index is 568. The maximum Gasteiger partial charge on any atom is 0.306 e. The van der Waals surface area contributed by atoms with Crippen molar-refractivity contribution < 1.29 is 14.8 Å². The number of carbonyl (C=O) groups is 1. The molecule has 21 heavy (non-hydrogen) atoms. The Kier molecular flexibility index (Phi) is 4.82. The normalized spacial score (nSPS) is 21.8. The van der Waals surface area contributed by atoms with Gasteiger partial charge in [0.2, 0.25) is 0 Å². The van der Waals surface area contributed by atoms with E-state index in [4.69, 9.17) is 5.11 Å². The first-order valence-corrected chi connectivity index (χ1v) is 7.61. The number of nitro benzene ring substituents is 1. The van der Waals surface area contributed by atoms with Crippen LogP contribution in [-0.2, 0) is 4.79 Å². The molecule has 2 N–H and O–H groups in total. The number of carboxylic acid groups (broad SMARTS) is 1. The van der Waals surface area contributed by atoms with Gasteiger partial charge in [0, 0.05) is 27.8 Å². The zero-order valence-electron chi connectivity index (χ0n) is 11.6. The number of carboxylic acids is 1. The SMILES string of the molecule is Cc1cc(NC2CCC(C(=O)O)CC2)c(Br)cc1[N+](=O)[O-]. The Labute approximate surface area is 130 Å². The molecule has 0 unspecified atom stereocenters. The zero-order valence-corrected chi connectivity index (χ0v) is 13.2. The molecule has 2 rings (SSSR count). The number of aryl methyl sites for hydroxylation is 1. The van der Waals surface area contributed by atoms with Crippen molar-refractivity contribution in [2.24, 2.45) is 5.92 Å². The summed E-state index contributed by atoms with van der Waals surface area (Å²) in [5.74, 6) is -0.967. The smallest absolute Gasteiger partial charge is 0.306 e. The van der Waals surface area contributed by atoms with E-state index in [2.05, 4.69) is 21.2 Å². The van der Waals surface area contributed by atoms with Gasteiger partial charge in [0.25, 0.3) is 5.69 Å². The summed E-state index contributed by atoms with van der Waals surface area (Å²) in [4.78, 5) is 21.4. The lowest BCUT2D eigenvalue weighted by Gasteiger charge is -2.28. The Morgan fingerprint density at radius 1 is 1.38 bits per heavy atom. The van der Waals surface area contributed by atoms with Crippen LogP contribution in [0.15, 0.2) is 16.6 Å². The van der Waals surface area contributed by atoms with Crippen molar-refractivity contribution in [1.82, 2.24) is 0 Å². The van der Waals surface area contributed by atoms with Gasteiger partial charge in [-0.3, -0.25) is 14.9 Å². The van der Waals surface area contributed by atoms with Crippen LogP contribution in [0.5, 0.6) is 0 Å². The largest absolute Gasteiger partial charge is 0.481 e. The van der Waals surface area contributed by atoms with Crippen LogP contribution in [0.1, 0.15) is 31.2 Å². The molecule has 0 aromatic heterocycles. The summed E-state index contributed by atoms with van der Waals surface area (Å²) in [7, 11) is 0. The molecule has 0 bridgehead atoms. The molecular formula is C14H17BrN2O4. The Balaban J connectivity index is 2.06. The molecule has 1 fully saturated rings. The summed E-state index contributed by atoms with van der Waals surface area (Å²) < 4.78 is 0.653. The van der Waals surface area contributed by atoms with Crippen LogP contribution in [0.4, 0.5) is 11.4 Å². The van der Waals surface area contributed by atoms with Gasteiger partial charge in [-0.05, 0) is 54.6 Å². The average Bonchev–Trinajstić information content (AvgIpc) is 2.42. The van der Waals surface area contributed by atoms with Gasteiger partial charge in [0.15, 0.2) is 0 Å². The average molecular weight is 357 g/mol. The summed E-state index contributed by atoms with van der Waals surface area (Å²) >= 11 is 3.35. The van der Waals surface area contributed by atoms with Crippen LogP contribution >= 0.6 is 15.9 Å². The second kappa shape index (κ2) is 6.43. The summed E-state index contributed by atoms with van der Waals surface area (Å²) in [6.07, 6.45) is 2.91. The van der Waals surface area contributed by atoms with E-state index in [1.54, 1.807) is 13.0 Å². The van der Waals surface area contributed by atoms with Crippen molar-refractivity contribution in [3.8, 4) is 0 Å². The first-order chi connectivity index (χ1) is 9.88. The van der Waals surface area contributed by atoms with Crippen molar-refractivity contribution in [3.63, 3.8) is 0 Å². The van der Waals surface area contributed by atoms with Crippen LogP contribution in [0.2, 0.25) is 0 Å². The number of halogens is 1. The second-order valence-electron chi connectivity index (χ2n) is 5.41. The highest BCUT2D eigenvalue weighted by atomic mass is 79.9. The van der Waals surface area contributed by atoms with E-state index in [1.165, 1.54) is 6.07 Å². The predicted octanol–water partition coefficient (Wildman–Crippen LogP) is 3.72. The standard InChI is InChI=1S/C14H17BrN2O4/c1-8-6-12(11(15)7-13(8)17(20)21)16-10-4-2-9(3-5-10)14(18)19/h6-7,9-10,16H,2-5H2,1H3,(H,18,19). The highest BCUT2D eigenvalue weighted by Gasteiger charge is 2.26. The third-order valence-electron chi connectivity index (χ3n) is 3.92. The Morgan fingerprint density at radius 2 is 2.00 bits per heavy atom. The molecule has 1 aromatic carbocycles. The van der Waals surface area contributed by atoms with Crippen molar-refractivity contribution in [1.29, 1.82) is 0 Å². The minimum absolute atomic E-state index is 0.0852. The molecular weight excluding hydrogens is 340 g/mol. The van der Waals surface area contributed by atoms with Crippen LogP contribution < -0.4 is 5.32 Å². The summed E-state index contributed by atoms with van der Waals surface area (Å²) in [5, 5.41) is 23.2. The first kappa shape index (κ1) is 15.8. The van der Waals surface area contributed by atoms with E-state index in [0.29, 0.717) is 22.9 Å². The third-order valence-corrected chi connectivity index (χ3v) is 4.57. The molecule has 6 nitrogen and oxygen atoms in total. The van der Waals surface area contributed by atoms with E-state index in [0.717, 1.165) is 18.5 Å².